The van der Waals surface area contributed by atoms with Gasteiger partial charge in [0.25, 0.3) is 0 Å². The number of carbonyl (C=O) groups excluding carboxylic acids is 1. The standard InChI is InChI=1S/C17H25N3O3/c1-13-4-5-15(18-7-13)19-16(22)14-3-2-6-20(8-14)9-17(10-21)11-23-12-17/h4-5,7,14,21H,2-3,6,8-12H2,1H3,(H,18,19,22). The number of aliphatic hydroxyl groups excluding tert-OH is 1. The van der Waals surface area contributed by atoms with E-state index in [-0.39, 0.29) is 23.8 Å². The molecule has 0 radical (unpaired) electrons. The molecule has 3 rings (SSSR count). The van der Waals surface area contributed by atoms with Crippen molar-refractivity contribution in [2.45, 2.75) is 19.8 Å². The lowest BCUT2D eigenvalue weighted by atomic mass is 9.85. The van der Waals surface area contributed by atoms with E-state index in [1.807, 2.05) is 19.1 Å². The summed E-state index contributed by atoms with van der Waals surface area (Å²) in [6, 6.07) is 3.78. The van der Waals surface area contributed by atoms with Gasteiger partial charge in [0.05, 0.1) is 31.2 Å². The van der Waals surface area contributed by atoms with Crippen molar-refractivity contribution in [3.8, 4) is 0 Å². The first-order valence-corrected chi connectivity index (χ1v) is 8.25. The summed E-state index contributed by atoms with van der Waals surface area (Å²) in [5.74, 6) is 0.620. The maximum atomic E-state index is 12.5. The Morgan fingerprint density at radius 1 is 1.52 bits per heavy atom. The molecule has 1 amide bonds. The Kier molecular flexibility index (Phi) is 4.94. The number of rotatable bonds is 5. The van der Waals surface area contributed by atoms with E-state index in [2.05, 4.69) is 15.2 Å². The molecule has 3 heterocycles. The normalized spacial score (nSPS) is 24.0. The number of likely N-dealkylation sites (tertiary alicyclic amines) is 1. The molecule has 23 heavy (non-hydrogen) atoms. The van der Waals surface area contributed by atoms with E-state index in [0.717, 1.165) is 38.0 Å². The highest BCUT2D eigenvalue weighted by Crippen LogP contribution is 2.30. The summed E-state index contributed by atoms with van der Waals surface area (Å²) in [5, 5.41) is 12.5. The molecular weight excluding hydrogens is 294 g/mol. The number of anilines is 1. The summed E-state index contributed by atoms with van der Waals surface area (Å²) in [4.78, 5) is 19.0. The molecule has 126 valence electrons. The molecule has 2 fully saturated rings. The predicted octanol–water partition coefficient (Wildman–Crippen LogP) is 1.05. The van der Waals surface area contributed by atoms with Gasteiger partial charge in [-0.05, 0) is 37.9 Å². The Morgan fingerprint density at radius 3 is 2.96 bits per heavy atom. The van der Waals surface area contributed by atoms with Crippen LogP contribution in [0.25, 0.3) is 0 Å². The van der Waals surface area contributed by atoms with Crippen LogP contribution in [0, 0.1) is 18.3 Å². The van der Waals surface area contributed by atoms with E-state index in [0.29, 0.717) is 19.0 Å². The summed E-state index contributed by atoms with van der Waals surface area (Å²) in [6.07, 6.45) is 3.66. The van der Waals surface area contributed by atoms with E-state index < -0.39 is 0 Å². The fourth-order valence-electron chi connectivity index (χ4n) is 3.28. The number of ether oxygens (including phenoxy) is 1. The molecule has 1 unspecified atom stereocenters. The van der Waals surface area contributed by atoms with Gasteiger partial charge in [0, 0.05) is 19.3 Å². The van der Waals surface area contributed by atoms with E-state index in [9.17, 15) is 9.90 Å². The number of nitrogens with zero attached hydrogens (tertiary/aromatic N) is 2. The minimum Gasteiger partial charge on any atom is -0.396 e. The highest BCUT2D eigenvalue weighted by molar-refractivity contribution is 5.91. The van der Waals surface area contributed by atoms with Crippen LogP contribution in [-0.4, -0.2) is 60.4 Å². The van der Waals surface area contributed by atoms with Crippen molar-refractivity contribution in [1.29, 1.82) is 0 Å². The monoisotopic (exact) mass is 319 g/mol. The summed E-state index contributed by atoms with van der Waals surface area (Å²) in [6.45, 7) is 5.87. The second kappa shape index (κ2) is 6.95. The van der Waals surface area contributed by atoms with Crippen LogP contribution in [0.3, 0.4) is 0 Å². The molecule has 1 aromatic rings. The highest BCUT2D eigenvalue weighted by Gasteiger charge is 2.40. The Labute approximate surface area is 136 Å². The van der Waals surface area contributed by atoms with Crippen molar-refractivity contribution in [3.05, 3.63) is 23.9 Å². The van der Waals surface area contributed by atoms with Crippen molar-refractivity contribution in [2.75, 3.05) is 44.8 Å². The van der Waals surface area contributed by atoms with Crippen LogP contribution in [0.4, 0.5) is 5.82 Å². The number of aryl methyl sites for hydroxylation is 1. The van der Waals surface area contributed by atoms with Crippen molar-refractivity contribution < 1.29 is 14.6 Å². The van der Waals surface area contributed by atoms with Gasteiger partial charge in [0.2, 0.25) is 5.91 Å². The van der Waals surface area contributed by atoms with Gasteiger partial charge in [0.15, 0.2) is 0 Å². The molecule has 2 saturated heterocycles. The average molecular weight is 319 g/mol. The number of nitrogens with one attached hydrogen (secondary N) is 1. The van der Waals surface area contributed by atoms with E-state index in [1.165, 1.54) is 0 Å². The zero-order valence-electron chi connectivity index (χ0n) is 13.6. The number of piperidine rings is 1. The van der Waals surface area contributed by atoms with Crippen molar-refractivity contribution in [1.82, 2.24) is 9.88 Å². The van der Waals surface area contributed by atoms with Crippen LogP contribution < -0.4 is 5.32 Å². The molecule has 6 nitrogen and oxygen atoms in total. The van der Waals surface area contributed by atoms with Crippen LogP contribution in [0.2, 0.25) is 0 Å². The third-order valence-electron chi connectivity index (χ3n) is 4.75. The second-order valence-corrected chi connectivity index (χ2v) is 6.94. The maximum Gasteiger partial charge on any atom is 0.229 e. The fraction of sp³-hybridized carbons (Fsp3) is 0.647. The topological polar surface area (TPSA) is 74.7 Å². The third-order valence-corrected chi connectivity index (χ3v) is 4.75. The molecule has 0 spiro atoms. The molecule has 0 bridgehead atoms. The Balaban J connectivity index is 1.55. The summed E-state index contributed by atoms with van der Waals surface area (Å²) in [7, 11) is 0. The Morgan fingerprint density at radius 2 is 2.35 bits per heavy atom. The average Bonchev–Trinajstić information content (AvgIpc) is 2.53. The number of pyridine rings is 1. The van der Waals surface area contributed by atoms with Crippen LogP contribution in [0.15, 0.2) is 18.3 Å². The van der Waals surface area contributed by atoms with Crippen molar-refractivity contribution in [3.63, 3.8) is 0 Å². The number of carbonyl (C=O) groups is 1. The predicted molar refractivity (Wildman–Crippen MR) is 87.1 cm³/mol. The number of hydrogen-bond acceptors (Lipinski definition) is 5. The maximum absolute atomic E-state index is 12.5. The Hall–Kier alpha value is -1.50. The number of aliphatic hydroxyl groups is 1. The largest absolute Gasteiger partial charge is 0.396 e. The number of amides is 1. The van der Waals surface area contributed by atoms with E-state index >= 15 is 0 Å². The molecule has 6 heteroatoms. The minimum absolute atomic E-state index is 0.0245. The first kappa shape index (κ1) is 16.4. The summed E-state index contributed by atoms with van der Waals surface area (Å²) >= 11 is 0. The quantitative estimate of drug-likeness (QED) is 0.848. The summed E-state index contributed by atoms with van der Waals surface area (Å²) in [5.41, 5.74) is 0.945. The molecule has 2 aliphatic heterocycles. The lowest BCUT2D eigenvalue weighted by Gasteiger charge is -2.45. The zero-order chi connectivity index (χ0) is 16.3. The van der Waals surface area contributed by atoms with Gasteiger partial charge in [-0.1, -0.05) is 6.07 Å². The minimum atomic E-state index is -0.128. The molecule has 0 aromatic carbocycles. The lowest BCUT2D eigenvalue weighted by Crippen LogP contribution is -2.55. The lowest BCUT2D eigenvalue weighted by molar-refractivity contribution is -0.151. The number of aromatic nitrogens is 1. The van der Waals surface area contributed by atoms with Gasteiger partial charge in [-0.25, -0.2) is 4.98 Å². The SMILES string of the molecule is Cc1ccc(NC(=O)C2CCCN(CC3(CO)COC3)C2)nc1. The second-order valence-electron chi connectivity index (χ2n) is 6.94. The van der Waals surface area contributed by atoms with Crippen LogP contribution in [0.5, 0.6) is 0 Å². The molecule has 2 N–H and O–H groups in total. The van der Waals surface area contributed by atoms with Crippen molar-refractivity contribution >= 4 is 11.7 Å². The molecule has 0 saturated carbocycles. The molecule has 0 aliphatic carbocycles. The Bertz CT molecular complexity index is 537. The molecule has 2 aliphatic rings. The van der Waals surface area contributed by atoms with Crippen molar-refractivity contribution in [2.24, 2.45) is 11.3 Å². The molecular formula is C17H25N3O3. The number of hydrogen-bond donors (Lipinski definition) is 2. The summed E-state index contributed by atoms with van der Waals surface area (Å²) < 4.78 is 5.26. The smallest absolute Gasteiger partial charge is 0.229 e. The van der Waals surface area contributed by atoms with Crippen LogP contribution in [-0.2, 0) is 9.53 Å². The van der Waals surface area contributed by atoms with Gasteiger partial charge in [0.1, 0.15) is 5.82 Å². The molecule has 1 atom stereocenters. The van der Waals surface area contributed by atoms with Crippen LogP contribution in [0.1, 0.15) is 18.4 Å². The van der Waals surface area contributed by atoms with E-state index in [4.69, 9.17) is 4.74 Å². The van der Waals surface area contributed by atoms with Gasteiger partial charge in [-0.15, -0.1) is 0 Å². The fourth-order valence-corrected chi connectivity index (χ4v) is 3.28. The van der Waals surface area contributed by atoms with Gasteiger partial charge >= 0.3 is 0 Å². The van der Waals surface area contributed by atoms with Crippen LogP contribution >= 0.6 is 0 Å². The van der Waals surface area contributed by atoms with E-state index in [1.54, 1.807) is 6.20 Å². The van der Waals surface area contributed by atoms with Gasteiger partial charge < -0.3 is 20.1 Å². The molecule has 1 aromatic heterocycles. The highest BCUT2D eigenvalue weighted by atomic mass is 16.5. The first-order chi connectivity index (χ1) is 11.1. The van der Waals surface area contributed by atoms with Gasteiger partial charge in [-0.3, -0.25) is 4.79 Å². The third kappa shape index (κ3) is 3.88. The van der Waals surface area contributed by atoms with Gasteiger partial charge in [-0.2, -0.15) is 0 Å². The first-order valence-electron chi connectivity index (χ1n) is 8.25. The zero-order valence-corrected chi connectivity index (χ0v) is 13.6.